The van der Waals surface area contributed by atoms with Crippen LogP contribution in [0.25, 0.3) is 0 Å². The second-order valence-corrected chi connectivity index (χ2v) is 7.44. The lowest BCUT2D eigenvalue weighted by Crippen LogP contribution is -2.21. The summed E-state index contributed by atoms with van der Waals surface area (Å²) in [5.74, 6) is -0.921. The molecule has 0 bridgehead atoms. The third-order valence-electron chi connectivity index (χ3n) is 4.27. The molecule has 0 aliphatic heterocycles. The SMILES string of the molecule is Cc1ccc(NC(=O)COC(=O)Cc2ccccc2Nc2c(Cl)cccc2Cl)cc1. The molecule has 0 radical (unpaired) electrons. The lowest BCUT2D eigenvalue weighted by molar-refractivity contribution is -0.146. The molecule has 5 nitrogen and oxygen atoms in total. The summed E-state index contributed by atoms with van der Waals surface area (Å²) >= 11 is 12.4. The van der Waals surface area contributed by atoms with Gasteiger partial charge in [-0.3, -0.25) is 9.59 Å². The van der Waals surface area contributed by atoms with Gasteiger partial charge in [0.1, 0.15) is 0 Å². The van der Waals surface area contributed by atoms with Gasteiger partial charge in [-0.1, -0.05) is 65.2 Å². The van der Waals surface area contributed by atoms with Gasteiger partial charge < -0.3 is 15.4 Å². The molecule has 0 heterocycles. The highest BCUT2D eigenvalue weighted by Gasteiger charge is 2.13. The van der Waals surface area contributed by atoms with E-state index in [1.807, 2.05) is 37.3 Å². The molecule has 7 heteroatoms. The Balaban J connectivity index is 1.59. The Labute approximate surface area is 185 Å². The molecular formula is C23H20Cl2N2O3. The maximum absolute atomic E-state index is 12.3. The number of para-hydroxylation sites is 2. The van der Waals surface area contributed by atoms with Gasteiger partial charge in [-0.2, -0.15) is 0 Å². The van der Waals surface area contributed by atoms with E-state index in [0.29, 0.717) is 32.7 Å². The first-order valence-electron chi connectivity index (χ1n) is 9.23. The molecule has 0 saturated carbocycles. The number of carbonyl (C=O) groups excluding carboxylic acids is 2. The quantitative estimate of drug-likeness (QED) is 0.455. The molecule has 3 aromatic carbocycles. The van der Waals surface area contributed by atoms with Crippen molar-refractivity contribution in [3.63, 3.8) is 0 Å². The first-order chi connectivity index (χ1) is 14.4. The minimum atomic E-state index is -0.520. The molecule has 0 atom stereocenters. The van der Waals surface area contributed by atoms with Gasteiger partial charge in [-0.25, -0.2) is 0 Å². The van der Waals surface area contributed by atoms with Crippen LogP contribution in [0.5, 0.6) is 0 Å². The van der Waals surface area contributed by atoms with Crippen LogP contribution in [0.15, 0.2) is 66.7 Å². The van der Waals surface area contributed by atoms with Crippen molar-refractivity contribution in [2.75, 3.05) is 17.2 Å². The molecule has 0 aromatic heterocycles. The molecule has 1 amide bonds. The number of benzene rings is 3. The molecule has 2 N–H and O–H groups in total. The zero-order valence-corrected chi connectivity index (χ0v) is 17.8. The number of ether oxygens (including phenoxy) is 1. The van der Waals surface area contributed by atoms with Crippen molar-refractivity contribution in [2.45, 2.75) is 13.3 Å². The fraction of sp³-hybridized carbons (Fsp3) is 0.130. The lowest BCUT2D eigenvalue weighted by atomic mass is 10.1. The Bertz CT molecular complexity index is 1030. The van der Waals surface area contributed by atoms with E-state index >= 15 is 0 Å². The summed E-state index contributed by atoms with van der Waals surface area (Å²) in [6, 6.07) is 19.8. The number of hydrogen-bond acceptors (Lipinski definition) is 4. The summed E-state index contributed by atoms with van der Waals surface area (Å²) in [6.07, 6.45) is -0.0109. The van der Waals surface area contributed by atoms with Crippen LogP contribution < -0.4 is 10.6 Å². The second kappa shape index (κ2) is 10.1. The Hall–Kier alpha value is -3.02. The standard InChI is InChI=1S/C23H20Cl2N2O3/c1-15-9-11-17(12-10-15)26-21(28)14-30-22(29)13-16-5-2-3-8-20(16)27-23-18(24)6-4-7-19(23)25/h2-12,27H,13-14H2,1H3,(H,26,28). The average Bonchev–Trinajstić information content (AvgIpc) is 2.72. The van der Waals surface area contributed by atoms with E-state index in [9.17, 15) is 9.59 Å². The highest BCUT2D eigenvalue weighted by Crippen LogP contribution is 2.33. The van der Waals surface area contributed by atoms with Gasteiger partial charge in [0.15, 0.2) is 6.61 Å². The van der Waals surface area contributed by atoms with Gasteiger partial charge >= 0.3 is 5.97 Å². The Morgan fingerprint density at radius 1 is 0.900 bits per heavy atom. The smallest absolute Gasteiger partial charge is 0.310 e. The third-order valence-corrected chi connectivity index (χ3v) is 4.90. The number of hydrogen-bond donors (Lipinski definition) is 2. The maximum Gasteiger partial charge on any atom is 0.310 e. The van der Waals surface area contributed by atoms with Gasteiger partial charge in [0.25, 0.3) is 5.91 Å². The molecule has 154 valence electrons. The Kier molecular flexibility index (Phi) is 7.33. The fourth-order valence-electron chi connectivity index (χ4n) is 2.73. The third kappa shape index (κ3) is 5.99. The van der Waals surface area contributed by atoms with Crippen molar-refractivity contribution in [2.24, 2.45) is 0 Å². The molecule has 0 unspecified atom stereocenters. The van der Waals surface area contributed by atoms with E-state index in [2.05, 4.69) is 10.6 Å². The Morgan fingerprint density at radius 3 is 2.27 bits per heavy atom. The van der Waals surface area contributed by atoms with Crippen LogP contribution in [-0.4, -0.2) is 18.5 Å². The molecule has 0 fully saturated rings. The molecule has 3 aromatic rings. The number of carbonyl (C=O) groups is 2. The normalized spacial score (nSPS) is 10.4. The summed E-state index contributed by atoms with van der Waals surface area (Å²) in [5.41, 5.74) is 3.66. The van der Waals surface area contributed by atoms with Gasteiger partial charge in [0.05, 0.1) is 22.2 Å². The first kappa shape index (κ1) is 21.7. The minimum absolute atomic E-state index is 0.0109. The van der Waals surface area contributed by atoms with E-state index in [-0.39, 0.29) is 13.0 Å². The van der Waals surface area contributed by atoms with E-state index < -0.39 is 11.9 Å². The molecule has 0 aliphatic carbocycles. The monoisotopic (exact) mass is 442 g/mol. The van der Waals surface area contributed by atoms with Crippen molar-refractivity contribution >= 4 is 52.1 Å². The van der Waals surface area contributed by atoms with Crippen LogP contribution in [0, 0.1) is 6.92 Å². The van der Waals surface area contributed by atoms with Crippen molar-refractivity contribution in [1.29, 1.82) is 0 Å². The summed E-state index contributed by atoms with van der Waals surface area (Å²) in [4.78, 5) is 24.3. The Morgan fingerprint density at radius 2 is 1.57 bits per heavy atom. The summed E-state index contributed by atoms with van der Waals surface area (Å²) in [5, 5.41) is 6.78. The maximum atomic E-state index is 12.3. The van der Waals surface area contributed by atoms with Gasteiger partial charge in [-0.15, -0.1) is 0 Å². The highest BCUT2D eigenvalue weighted by molar-refractivity contribution is 6.39. The number of nitrogens with one attached hydrogen (secondary N) is 2. The molecule has 0 spiro atoms. The zero-order chi connectivity index (χ0) is 21.5. The number of rotatable bonds is 7. The second-order valence-electron chi connectivity index (χ2n) is 6.63. The highest BCUT2D eigenvalue weighted by atomic mass is 35.5. The number of aryl methyl sites for hydroxylation is 1. The first-order valence-corrected chi connectivity index (χ1v) is 9.99. The zero-order valence-electron chi connectivity index (χ0n) is 16.2. The van der Waals surface area contributed by atoms with Crippen LogP contribution in [0.3, 0.4) is 0 Å². The van der Waals surface area contributed by atoms with Crippen molar-refractivity contribution < 1.29 is 14.3 Å². The van der Waals surface area contributed by atoms with Crippen LogP contribution in [0.1, 0.15) is 11.1 Å². The predicted molar refractivity (Wildman–Crippen MR) is 121 cm³/mol. The van der Waals surface area contributed by atoms with E-state index in [4.69, 9.17) is 27.9 Å². The van der Waals surface area contributed by atoms with Crippen molar-refractivity contribution in [1.82, 2.24) is 0 Å². The number of anilines is 3. The van der Waals surface area contributed by atoms with Gasteiger partial charge in [0.2, 0.25) is 0 Å². The number of halogens is 2. The fourth-order valence-corrected chi connectivity index (χ4v) is 3.23. The van der Waals surface area contributed by atoms with Gasteiger partial charge in [0, 0.05) is 11.4 Å². The molecule has 0 saturated heterocycles. The summed E-state index contributed by atoms with van der Waals surface area (Å²) in [6.45, 7) is 1.60. The topological polar surface area (TPSA) is 67.4 Å². The minimum Gasteiger partial charge on any atom is -0.455 e. The van der Waals surface area contributed by atoms with E-state index in [0.717, 1.165) is 5.56 Å². The van der Waals surface area contributed by atoms with Crippen LogP contribution in [0.4, 0.5) is 17.1 Å². The van der Waals surface area contributed by atoms with Crippen LogP contribution in [0.2, 0.25) is 10.0 Å². The van der Waals surface area contributed by atoms with Crippen molar-refractivity contribution in [3.05, 3.63) is 87.9 Å². The van der Waals surface area contributed by atoms with E-state index in [1.165, 1.54) is 0 Å². The molecule has 0 aliphatic rings. The van der Waals surface area contributed by atoms with Crippen LogP contribution >= 0.6 is 23.2 Å². The molecule has 30 heavy (non-hydrogen) atoms. The van der Waals surface area contributed by atoms with Crippen molar-refractivity contribution in [3.8, 4) is 0 Å². The predicted octanol–water partition coefficient (Wildman–Crippen LogP) is 5.77. The summed E-state index contributed by atoms with van der Waals surface area (Å²) < 4.78 is 5.13. The average molecular weight is 443 g/mol. The number of esters is 1. The van der Waals surface area contributed by atoms with Gasteiger partial charge in [-0.05, 0) is 42.8 Å². The summed E-state index contributed by atoms with van der Waals surface area (Å²) in [7, 11) is 0. The van der Waals surface area contributed by atoms with Crippen LogP contribution in [-0.2, 0) is 20.7 Å². The molecule has 3 rings (SSSR count). The lowest BCUT2D eigenvalue weighted by Gasteiger charge is -2.14. The van der Waals surface area contributed by atoms with E-state index in [1.54, 1.807) is 36.4 Å². The largest absolute Gasteiger partial charge is 0.455 e. The molecular weight excluding hydrogens is 423 g/mol. The number of amides is 1.